The number of ether oxygens (including phenoxy) is 3. The van der Waals surface area contributed by atoms with Crippen LogP contribution < -0.4 is 0 Å². The molecule has 160 valence electrons. The summed E-state index contributed by atoms with van der Waals surface area (Å²) in [6, 6.07) is -1.06. The first-order chi connectivity index (χ1) is 13.9. The van der Waals surface area contributed by atoms with Gasteiger partial charge >= 0.3 is 18.2 Å². The summed E-state index contributed by atoms with van der Waals surface area (Å²) in [5.41, 5.74) is 0. The number of carbonyl (C=O) groups is 3. The summed E-state index contributed by atoms with van der Waals surface area (Å²) in [5.74, 6) is 5.78. The Kier molecular flexibility index (Phi) is 8.37. The van der Waals surface area contributed by atoms with E-state index >= 15 is 0 Å². The van der Waals surface area contributed by atoms with Gasteiger partial charge in [0.2, 0.25) is 0 Å². The quantitative estimate of drug-likeness (QED) is 0.300. The van der Waals surface area contributed by atoms with Crippen molar-refractivity contribution in [2.75, 3.05) is 13.2 Å². The number of hydrogen-bond donors (Lipinski definition) is 0. The molecule has 8 nitrogen and oxygen atoms in total. The van der Waals surface area contributed by atoms with Gasteiger partial charge in [-0.15, -0.1) is 5.92 Å². The fraction of sp³-hybridized carbons (Fsp3) is 0.667. The van der Waals surface area contributed by atoms with Gasteiger partial charge in [0.05, 0.1) is 25.2 Å². The average Bonchev–Trinajstić information content (AvgIpc) is 2.91. The third-order valence-corrected chi connectivity index (χ3v) is 4.76. The highest BCUT2D eigenvalue weighted by atomic mass is 16.6. The summed E-state index contributed by atoms with van der Waals surface area (Å²) in [4.78, 5) is 37.2. The van der Waals surface area contributed by atoms with Crippen LogP contribution in [0.1, 0.15) is 59.8 Å². The zero-order chi connectivity index (χ0) is 21.4. The maximum atomic E-state index is 12.8. The molecule has 0 spiro atoms. The number of esters is 1. The van der Waals surface area contributed by atoms with E-state index in [4.69, 9.17) is 14.2 Å². The van der Waals surface area contributed by atoms with Crippen molar-refractivity contribution in [3.8, 4) is 11.8 Å². The van der Waals surface area contributed by atoms with E-state index in [1.807, 2.05) is 0 Å². The summed E-state index contributed by atoms with van der Waals surface area (Å²) >= 11 is 0. The Morgan fingerprint density at radius 1 is 1.07 bits per heavy atom. The molecule has 3 aliphatic rings. The highest BCUT2D eigenvalue weighted by molar-refractivity contribution is 5.76. The number of unbranched alkanes of at least 4 members (excludes halogenated alkanes) is 2. The normalized spacial score (nSPS) is 22.8. The first-order valence-corrected chi connectivity index (χ1v) is 10.2. The fourth-order valence-electron chi connectivity index (χ4n) is 3.56. The van der Waals surface area contributed by atoms with Crippen LogP contribution in [0.25, 0.3) is 0 Å². The second-order valence-corrected chi connectivity index (χ2v) is 6.86. The van der Waals surface area contributed by atoms with Crippen molar-refractivity contribution < 1.29 is 28.6 Å². The highest BCUT2D eigenvalue weighted by Gasteiger charge is 2.50. The van der Waals surface area contributed by atoms with Crippen molar-refractivity contribution >= 4 is 18.2 Å². The van der Waals surface area contributed by atoms with Crippen molar-refractivity contribution in [2.24, 2.45) is 5.92 Å². The molecule has 0 radical (unpaired) electrons. The first kappa shape index (κ1) is 22.6. The number of amides is 2. The Labute approximate surface area is 172 Å². The molecule has 2 heterocycles. The minimum absolute atomic E-state index is 0.149. The second-order valence-electron chi connectivity index (χ2n) is 6.86. The predicted octanol–water partition coefficient (Wildman–Crippen LogP) is 3.62. The molecule has 1 saturated heterocycles. The molecule has 0 N–H and O–H groups in total. The van der Waals surface area contributed by atoms with Gasteiger partial charge in [0.15, 0.2) is 0 Å². The lowest BCUT2D eigenvalue weighted by Gasteiger charge is -2.45. The Balaban J connectivity index is 2.49. The topological polar surface area (TPSA) is 85.4 Å². The Hall–Kier alpha value is -2.69. The summed E-state index contributed by atoms with van der Waals surface area (Å²) in [5, 5.41) is 2.51. The van der Waals surface area contributed by atoms with E-state index in [-0.39, 0.29) is 13.2 Å². The molecule has 2 aliphatic heterocycles. The Bertz CT molecular complexity index is 708. The van der Waals surface area contributed by atoms with Crippen LogP contribution in [-0.4, -0.2) is 53.5 Å². The van der Waals surface area contributed by atoms with E-state index in [0.29, 0.717) is 18.6 Å². The van der Waals surface area contributed by atoms with Crippen LogP contribution in [0.2, 0.25) is 0 Å². The van der Waals surface area contributed by atoms with Gasteiger partial charge in [-0.2, -0.15) is 0 Å². The van der Waals surface area contributed by atoms with Gasteiger partial charge in [0.1, 0.15) is 11.8 Å². The summed E-state index contributed by atoms with van der Waals surface area (Å²) in [7, 11) is 0. The molecule has 2 bridgehead atoms. The number of nitrogens with zero attached hydrogens (tertiary/aromatic N) is 2. The third kappa shape index (κ3) is 5.43. The number of hydrazine groups is 1. The lowest BCUT2D eigenvalue weighted by Crippen LogP contribution is -2.62. The maximum Gasteiger partial charge on any atom is 0.429 e. The van der Waals surface area contributed by atoms with E-state index in [0.717, 1.165) is 19.3 Å². The third-order valence-electron chi connectivity index (χ3n) is 4.76. The van der Waals surface area contributed by atoms with Crippen molar-refractivity contribution in [3.05, 3.63) is 11.8 Å². The van der Waals surface area contributed by atoms with Gasteiger partial charge in [-0.25, -0.2) is 19.6 Å². The van der Waals surface area contributed by atoms with Crippen LogP contribution in [-0.2, 0) is 19.0 Å². The van der Waals surface area contributed by atoms with Crippen molar-refractivity contribution in [3.63, 3.8) is 0 Å². The number of fused-ring (bicyclic) bond motifs is 3. The highest BCUT2D eigenvalue weighted by Crippen LogP contribution is 2.38. The SMILES string of the molecule is CCCCC#CC1C=C(OC(C)=O)[C@H]2CC[C@@H]1N(C(=O)OCC)N2C(=O)OCC. The smallest absolute Gasteiger partial charge is 0.429 e. The van der Waals surface area contributed by atoms with Crippen LogP contribution in [0.4, 0.5) is 9.59 Å². The van der Waals surface area contributed by atoms with Gasteiger partial charge in [-0.1, -0.05) is 19.3 Å². The van der Waals surface area contributed by atoms with Gasteiger partial charge in [-0.3, -0.25) is 4.79 Å². The zero-order valence-corrected chi connectivity index (χ0v) is 17.6. The van der Waals surface area contributed by atoms with Crippen LogP contribution in [0.15, 0.2) is 11.8 Å². The van der Waals surface area contributed by atoms with E-state index in [1.54, 1.807) is 19.9 Å². The number of rotatable bonds is 5. The molecule has 0 saturated carbocycles. The molecule has 1 aliphatic carbocycles. The molecule has 2 amide bonds. The van der Waals surface area contributed by atoms with E-state index in [1.165, 1.54) is 16.9 Å². The number of carbonyl (C=O) groups excluding carboxylic acids is 3. The lowest BCUT2D eigenvalue weighted by atomic mass is 9.95. The molecule has 0 aromatic rings. The molecule has 3 rings (SSSR count). The predicted molar refractivity (Wildman–Crippen MR) is 105 cm³/mol. The minimum atomic E-state index is -0.687. The summed E-state index contributed by atoms with van der Waals surface area (Å²) in [6.07, 6.45) is 4.28. The Morgan fingerprint density at radius 3 is 2.31 bits per heavy atom. The van der Waals surface area contributed by atoms with Crippen molar-refractivity contribution in [2.45, 2.75) is 71.9 Å². The van der Waals surface area contributed by atoms with Crippen LogP contribution in [0.3, 0.4) is 0 Å². The molecular formula is C21H30N2O6. The van der Waals surface area contributed by atoms with Crippen molar-refractivity contribution in [1.82, 2.24) is 10.0 Å². The maximum absolute atomic E-state index is 12.8. The van der Waals surface area contributed by atoms with Crippen molar-refractivity contribution in [1.29, 1.82) is 0 Å². The average molecular weight is 406 g/mol. The van der Waals surface area contributed by atoms with Crippen LogP contribution in [0, 0.1) is 17.8 Å². The second kappa shape index (κ2) is 10.7. The Morgan fingerprint density at radius 2 is 1.72 bits per heavy atom. The van der Waals surface area contributed by atoms with E-state index in [9.17, 15) is 14.4 Å². The molecular weight excluding hydrogens is 376 g/mol. The first-order valence-electron chi connectivity index (χ1n) is 10.2. The van der Waals surface area contributed by atoms with E-state index < -0.39 is 36.2 Å². The largest absolute Gasteiger partial charge is 0.448 e. The lowest BCUT2D eigenvalue weighted by molar-refractivity contribution is -0.140. The molecule has 3 atom stereocenters. The monoisotopic (exact) mass is 406 g/mol. The minimum Gasteiger partial charge on any atom is -0.448 e. The standard InChI is InChI=1S/C21H30N2O6/c1-5-8-9-10-11-16-14-19(29-15(4)24)18-13-12-17(16)22(20(25)27-6-2)23(18)21(26)28-7-3/h14,16-18H,5-9,12-13H2,1-4H3/t16?,17-,18+/m0/s1. The van der Waals surface area contributed by atoms with Gasteiger partial charge in [0, 0.05) is 13.3 Å². The fourth-order valence-corrected chi connectivity index (χ4v) is 3.56. The molecule has 1 unspecified atom stereocenters. The summed E-state index contributed by atoms with van der Waals surface area (Å²) in [6.45, 7) is 7.10. The summed E-state index contributed by atoms with van der Waals surface area (Å²) < 4.78 is 15.8. The van der Waals surface area contributed by atoms with Gasteiger partial charge in [0.25, 0.3) is 0 Å². The van der Waals surface area contributed by atoms with Crippen LogP contribution >= 0.6 is 0 Å². The molecule has 0 aromatic heterocycles. The van der Waals surface area contributed by atoms with Gasteiger partial charge in [-0.05, 0) is 39.2 Å². The molecule has 29 heavy (non-hydrogen) atoms. The van der Waals surface area contributed by atoms with Crippen LogP contribution in [0.5, 0.6) is 0 Å². The molecule has 8 heteroatoms. The van der Waals surface area contributed by atoms with E-state index in [2.05, 4.69) is 18.8 Å². The zero-order valence-electron chi connectivity index (χ0n) is 17.6. The van der Waals surface area contributed by atoms with Gasteiger partial charge < -0.3 is 14.2 Å². The molecule has 1 fully saturated rings. The number of hydrogen-bond acceptors (Lipinski definition) is 6. The molecule has 0 aromatic carbocycles.